The highest BCUT2D eigenvalue weighted by molar-refractivity contribution is 5.74. The van der Waals surface area contributed by atoms with Gasteiger partial charge >= 0.3 is 6.03 Å². The van der Waals surface area contributed by atoms with Crippen molar-refractivity contribution in [2.75, 3.05) is 45.9 Å². The Labute approximate surface area is 149 Å². The van der Waals surface area contributed by atoms with Gasteiger partial charge in [-0.15, -0.1) is 0 Å². The van der Waals surface area contributed by atoms with Crippen molar-refractivity contribution in [2.24, 2.45) is 0 Å². The highest BCUT2D eigenvalue weighted by Crippen LogP contribution is 2.10. The second kappa shape index (κ2) is 9.15. The molecule has 1 N–H and O–H groups in total. The van der Waals surface area contributed by atoms with Gasteiger partial charge < -0.3 is 15.0 Å². The van der Waals surface area contributed by atoms with Gasteiger partial charge in [0.25, 0.3) is 0 Å². The van der Waals surface area contributed by atoms with Crippen LogP contribution in [-0.2, 0) is 11.2 Å². The summed E-state index contributed by atoms with van der Waals surface area (Å²) in [5.41, 5.74) is 1.05. The molecule has 3 rings (SSSR count). The molecule has 138 valence electrons. The highest BCUT2D eigenvalue weighted by atomic mass is 19.1. The average Bonchev–Trinajstić information content (AvgIpc) is 2.63. The van der Waals surface area contributed by atoms with Crippen LogP contribution in [0.15, 0.2) is 24.3 Å². The number of aryl methyl sites for hydroxylation is 1. The molecule has 0 unspecified atom stereocenters. The van der Waals surface area contributed by atoms with Crippen molar-refractivity contribution in [2.45, 2.75) is 31.7 Å². The molecule has 25 heavy (non-hydrogen) atoms. The number of nitrogens with zero attached hydrogens (tertiary/aromatic N) is 2. The molecule has 2 fully saturated rings. The molecule has 5 nitrogen and oxygen atoms in total. The third kappa shape index (κ3) is 5.68. The second-order valence-electron chi connectivity index (χ2n) is 6.90. The van der Waals surface area contributed by atoms with E-state index in [1.54, 1.807) is 12.1 Å². The lowest BCUT2D eigenvalue weighted by atomic mass is 10.1. The van der Waals surface area contributed by atoms with Crippen LogP contribution >= 0.6 is 0 Å². The van der Waals surface area contributed by atoms with E-state index in [9.17, 15) is 9.18 Å². The van der Waals surface area contributed by atoms with Gasteiger partial charge in [-0.3, -0.25) is 4.90 Å². The lowest BCUT2D eigenvalue weighted by molar-refractivity contribution is 0.0760. The van der Waals surface area contributed by atoms with Crippen molar-refractivity contribution in [1.82, 2.24) is 15.1 Å². The molecular formula is C19H28FN3O2. The Morgan fingerprint density at radius 1 is 1.20 bits per heavy atom. The largest absolute Gasteiger partial charge is 0.381 e. The van der Waals surface area contributed by atoms with E-state index < -0.39 is 0 Å². The van der Waals surface area contributed by atoms with E-state index >= 15 is 0 Å². The van der Waals surface area contributed by atoms with E-state index in [-0.39, 0.29) is 17.9 Å². The van der Waals surface area contributed by atoms with Gasteiger partial charge in [0.1, 0.15) is 5.82 Å². The maximum absolute atomic E-state index is 13.2. The Morgan fingerprint density at radius 2 is 1.96 bits per heavy atom. The summed E-state index contributed by atoms with van der Waals surface area (Å²) < 4.78 is 18.5. The fourth-order valence-electron chi connectivity index (χ4n) is 3.48. The van der Waals surface area contributed by atoms with Crippen molar-refractivity contribution < 1.29 is 13.9 Å². The van der Waals surface area contributed by atoms with Crippen molar-refractivity contribution in [3.63, 3.8) is 0 Å². The lowest BCUT2D eigenvalue weighted by Crippen LogP contribution is -2.54. The lowest BCUT2D eigenvalue weighted by Gasteiger charge is -2.36. The Bertz CT molecular complexity index is 555. The maximum atomic E-state index is 13.2. The molecule has 0 atom stereocenters. The van der Waals surface area contributed by atoms with Gasteiger partial charge in [-0.2, -0.15) is 0 Å². The first-order valence-electron chi connectivity index (χ1n) is 9.31. The summed E-state index contributed by atoms with van der Waals surface area (Å²) in [5, 5.41) is 3.13. The minimum absolute atomic E-state index is 0.0614. The van der Waals surface area contributed by atoms with Crippen molar-refractivity contribution in [3.05, 3.63) is 35.6 Å². The molecule has 2 aliphatic rings. The quantitative estimate of drug-likeness (QED) is 0.887. The van der Waals surface area contributed by atoms with E-state index in [0.717, 1.165) is 77.2 Å². The Kier molecular flexibility index (Phi) is 6.64. The molecule has 0 spiro atoms. The first-order chi connectivity index (χ1) is 12.2. The van der Waals surface area contributed by atoms with Crippen LogP contribution in [0.3, 0.4) is 0 Å². The van der Waals surface area contributed by atoms with Crippen LogP contribution in [0.25, 0.3) is 0 Å². The van der Waals surface area contributed by atoms with Crippen LogP contribution in [0.1, 0.15) is 24.8 Å². The van der Waals surface area contributed by atoms with Gasteiger partial charge in [0.2, 0.25) is 0 Å². The van der Waals surface area contributed by atoms with E-state index in [4.69, 9.17) is 4.74 Å². The molecule has 2 amide bonds. The number of carbonyl (C=O) groups is 1. The summed E-state index contributed by atoms with van der Waals surface area (Å²) >= 11 is 0. The van der Waals surface area contributed by atoms with Gasteiger partial charge in [-0.25, -0.2) is 9.18 Å². The summed E-state index contributed by atoms with van der Waals surface area (Å²) in [6.45, 7) is 5.83. The van der Waals surface area contributed by atoms with Crippen LogP contribution in [0.2, 0.25) is 0 Å². The first-order valence-corrected chi connectivity index (χ1v) is 9.31. The molecule has 0 aliphatic carbocycles. The zero-order valence-corrected chi connectivity index (χ0v) is 14.8. The summed E-state index contributed by atoms with van der Waals surface area (Å²) in [6, 6.07) is 7.14. The molecule has 1 aromatic rings. The Balaban J connectivity index is 1.33. The van der Waals surface area contributed by atoms with Crippen molar-refractivity contribution in [1.29, 1.82) is 0 Å². The number of urea groups is 1. The predicted molar refractivity (Wildman–Crippen MR) is 95.1 cm³/mol. The molecule has 1 aromatic carbocycles. The fraction of sp³-hybridized carbons (Fsp3) is 0.632. The zero-order chi connectivity index (χ0) is 17.5. The molecule has 0 radical (unpaired) electrons. The minimum atomic E-state index is -0.165. The number of carbonyl (C=O) groups excluding carboxylic acids is 1. The molecular weight excluding hydrogens is 321 g/mol. The number of amides is 2. The normalized spacial score (nSPS) is 19.8. The minimum Gasteiger partial charge on any atom is -0.381 e. The predicted octanol–water partition coefficient (Wildman–Crippen LogP) is 2.26. The van der Waals surface area contributed by atoms with Crippen LogP contribution in [0.4, 0.5) is 9.18 Å². The van der Waals surface area contributed by atoms with Crippen LogP contribution in [-0.4, -0.2) is 67.8 Å². The average molecular weight is 349 g/mol. The first kappa shape index (κ1) is 18.1. The monoisotopic (exact) mass is 349 g/mol. The van der Waals surface area contributed by atoms with Gasteiger partial charge in [0.05, 0.1) is 0 Å². The SMILES string of the molecule is O=C(NC1CCOCC1)N1CCN(CCCc2cccc(F)c2)CC1. The number of hydrogen-bond acceptors (Lipinski definition) is 3. The molecule has 2 aliphatic heterocycles. The molecule has 0 saturated carbocycles. The van der Waals surface area contributed by atoms with Crippen LogP contribution in [0.5, 0.6) is 0 Å². The molecule has 0 bridgehead atoms. The van der Waals surface area contributed by atoms with Crippen molar-refractivity contribution in [3.8, 4) is 0 Å². The maximum Gasteiger partial charge on any atom is 0.317 e. The summed E-state index contributed by atoms with van der Waals surface area (Å²) in [4.78, 5) is 16.6. The van der Waals surface area contributed by atoms with E-state index in [0.29, 0.717) is 0 Å². The topological polar surface area (TPSA) is 44.8 Å². The third-order valence-corrected chi connectivity index (χ3v) is 5.04. The number of hydrogen-bond donors (Lipinski definition) is 1. The van der Waals surface area contributed by atoms with E-state index in [2.05, 4.69) is 10.2 Å². The fourth-order valence-corrected chi connectivity index (χ4v) is 3.48. The van der Waals surface area contributed by atoms with Crippen LogP contribution in [0, 0.1) is 5.82 Å². The summed E-state index contributed by atoms with van der Waals surface area (Å²) in [5.74, 6) is -0.165. The number of rotatable bonds is 5. The number of nitrogens with one attached hydrogen (secondary N) is 1. The highest BCUT2D eigenvalue weighted by Gasteiger charge is 2.23. The number of halogens is 1. The summed E-state index contributed by atoms with van der Waals surface area (Å²) in [6.07, 6.45) is 3.72. The molecule has 2 heterocycles. The van der Waals surface area contributed by atoms with Gasteiger partial charge in [0, 0.05) is 45.4 Å². The van der Waals surface area contributed by atoms with Crippen LogP contribution < -0.4 is 5.32 Å². The Morgan fingerprint density at radius 3 is 2.68 bits per heavy atom. The van der Waals surface area contributed by atoms with E-state index in [1.165, 1.54) is 6.07 Å². The number of piperazine rings is 1. The molecule has 6 heteroatoms. The van der Waals surface area contributed by atoms with E-state index in [1.807, 2.05) is 11.0 Å². The smallest absolute Gasteiger partial charge is 0.317 e. The number of ether oxygens (including phenoxy) is 1. The number of benzene rings is 1. The van der Waals surface area contributed by atoms with Crippen molar-refractivity contribution >= 4 is 6.03 Å². The zero-order valence-electron chi connectivity index (χ0n) is 14.8. The Hall–Kier alpha value is -1.66. The second-order valence-corrected chi connectivity index (χ2v) is 6.90. The van der Waals surface area contributed by atoms with Gasteiger partial charge in [-0.05, 0) is 49.9 Å². The molecule has 0 aromatic heterocycles. The van der Waals surface area contributed by atoms with Gasteiger partial charge in [0.15, 0.2) is 0 Å². The van der Waals surface area contributed by atoms with Gasteiger partial charge in [-0.1, -0.05) is 12.1 Å². The molecule has 2 saturated heterocycles. The standard InChI is InChI=1S/C19H28FN3O2/c20-17-5-1-3-16(15-17)4-2-8-22-9-11-23(12-10-22)19(24)21-18-6-13-25-14-7-18/h1,3,5,15,18H,2,4,6-14H2,(H,21,24). The third-order valence-electron chi connectivity index (χ3n) is 5.04. The summed E-state index contributed by atoms with van der Waals surface area (Å²) in [7, 11) is 0.